The van der Waals surface area contributed by atoms with Gasteiger partial charge in [-0.2, -0.15) is 0 Å². The van der Waals surface area contributed by atoms with E-state index in [2.05, 4.69) is 25.5 Å². The predicted octanol–water partition coefficient (Wildman–Crippen LogP) is 2.88. The molecule has 0 aliphatic carbocycles. The molecule has 0 atom stereocenters. The molecule has 0 unspecified atom stereocenters. The standard InChI is InChI=1S/C18H15FN6OS/c1-2-15-9-27-16(23-15)7-20-17(26)12-3-11(4-14(19)5-12)13-6-21-18-24-22-10-25(18)8-13/h3-6,8-10H,2,7H2,1H3,(H,20,26). The van der Waals surface area contributed by atoms with Gasteiger partial charge in [0.05, 0.1) is 12.2 Å². The van der Waals surface area contributed by atoms with Gasteiger partial charge in [0, 0.05) is 28.9 Å². The Bertz CT molecular complexity index is 1120. The van der Waals surface area contributed by atoms with Crippen molar-refractivity contribution in [3.63, 3.8) is 0 Å². The van der Waals surface area contributed by atoms with Gasteiger partial charge in [-0.15, -0.1) is 21.5 Å². The minimum absolute atomic E-state index is 0.237. The molecule has 1 aromatic carbocycles. The molecule has 4 aromatic rings. The summed E-state index contributed by atoms with van der Waals surface area (Å²) >= 11 is 1.49. The molecular weight excluding hydrogens is 367 g/mol. The summed E-state index contributed by atoms with van der Waals surface area (Å²) in [5.41, 5.74) is 2.43. The van der Waals surface area contributed by atoms with Crippen LogP contribution in [-0.2, 0) is 13.0 Å². The fourth-order valence-electron chi connectivity index (χ4n) is 2.62. The van der Waals surface area contributed by atoms with Crippen LogP contribution in [0.25, 0.3) is 16.9 Å². The highest BCUT2D eigenvalue weighted by atomic mass is 32.1. The van der Waals surface area contributed by atoms with Crippen molar-refractivity contribution in [3.05, 3.63) is 64.4 Å². The zero-order valence-corrected chi connectivity index (χ0v) is 15.2. The zero-order chi connectivity index (χ0) is 18.8. The fraction of sp³-hybridized carbons (Fsp3) is 0.167. The quantitative estimate of drug-likeness (QED) is 0.574. The van der Waals surface area contributed by atoms with Gasteiger partial charge >= 0.3 is 0 Å². The van der Waals surface area contributed by atoms with Gasteiger partial charge in [-0.25, -0.2) is 14.4 Å². The third-order valence-corrected chi connectivity index (χ3v) is 4.90. The van der Waals surface area contributed by atoms with Crippen molar-refractivity contribution < 1.29 is 9.18 Å². The van der Waals surface area contributed by atoms with Gasteiger partial charge in [-0.3, -0.25) is 9.20 Å². The summed E-state index contributed by atoms with van der Waals surface area (Å²) in [6, 6.07) is 4.20. The van der Waals surface area contributed by atoms with E-state index in [1.807, 2.05) is 12.3 Å². The van der Waals surface area contributed by atoms with Crippen LogP contribution in [-0.4, -0.2) is 30.5 Å². The molecule has 1 amide bonds. The number of amides is 1. The highest BCUT2D eigenvalue weighted by Crippen LogP contribution is 2.22. The third-order valence-electron chi connectivity index (χ3n) is 4.01. The van der Waals surface area contributed by atoms with Gasteiger partial charge in [0.1, 0.15) is 17.2 Å². The highest BCUT2D eigenvalue weighted by Gasteiger charge is 2.12. The van der Waals surface area contributed by atoms with E-state index >= 15 is 0 Å². The van der Waals surface area contributed by atoms with Gasteiger partial charge < -0.3 is 5.32 Å². The summed E-state index contributed by atoms with van der Waals surface area (Å²) in [6.45, 7) is 2.33. The van der Waals surface area contributed by atoms with Crippen molar-refractivity contribution in [2.75, 3.05) is 0 Å². The zero-order valence-electron chi connectivity index (χ0n) is 14.4. The molecule has 0 radical (unpaired) electrons. The molecule has 0 saturated carbocycles. The number of aromatic nitrogens is 5. The summed E-state index contributed by atoms with van der Waals surface area (Å²) in [5.74, 6) is -0.408. The van der Waals surface area contributed by atoms with Crippen LogP contribution in [0.4, 0.5) is 4.39 Å². The van der Waals surface area contributed by atoms with Crippen LogP contribution in [0.3, 0.4) is 0 Å². The maximum atomic E-state index is 14.1. The van der Waals surface area contributed by atoms with Crippen molar-refractivity contribution >= 4 is 23.0 Å². The van der Waals surface area contributed by atoms with E-state index < -0.39 is 5.82 Å². The number of fused-ring (bicyclic) bond motifs is 1. The Labute approximate surface area is 157 Å². The largest absolute Gasteiger partial charge is 0.346 e. The second-order valence-electron chi connectivity index (χ2n) is 5.88. The van der Waals surface area contributed by atoms with Gasteiger partial charge in [0.2, 0.25) is 0 Å². The number of nitrogens with zero attached hydrogens (tertiary/aromatic N) is 5. The van der Waals surface area contributed by atoms with Crippen LogP contribution >= 0.6 is 11.3 Å². The topological polar surface area (TPSA) is 85.1 Å². The molecule has 0 fully saturated rings. The van der Waals surface area contributed by atoms with Crippen LogP contribution in [0.2, 0.25) is 0 Å². The molecule has 27 heavy (non-hydrogen) atoms. The summed E-state index contributed by atoms with van der Waals surface area (Å²) in [6.07, 6.45) is 5.67. The molecule has 0 aliphatic rings. The molecule has 0 spiro atoms. The Kier molecular flexibility index (Phi) is 4.59. The first-order valence-corrected chi connectivity index (χ1v) is 9.18. The van der Waals surface area contributed by atoms with E-state index in [9.17, 15) is 9.18 Å². The summed E-state index contributed by atoms with van der Waals surface area (Å²) in [4.78, 5) is 21.0. The van der Waals surface area contributed by atoms with Gasteiger partial charge in [-0.1, -0.05) is 6.92 Å². The normalized spacial score (nSPS) is 11.0. The number of nitrogens with one attached hydrogen (secondary N) is 1. The minimum Gasteiger partial charge on any atom is -0.346 e. The molecule has 1 N–H and O–H groups in total. The first kappa shape index (κ1) is 17.2. The number of benzene rings is 1. The van der Waals surface area contributed by atoms with Crippen molar-refractivity contribution in [2.45, 2.75) is 19.9 Å². The lowest BCUT2D eigenvalue weighted by molar-refractivity contribution is 0.0950. The van der Waals surface area contributed by atoms with Gasteiger partial charge in [0.15, 0.2) is 0 Å². The van der Waals surface area contributed by atoms with E-state index in [0.29, 0.717) is 23.4 Å². The molecule has 4 rings (SSSR count). The lowest BCUT2D eigenvalue weighted by atomic mass is 10.0. The van der Waals surface area contributed by atoms with E-state index in [4.69, 9.17) is 0 Å². The average molecular weight is 382 g/mol. The molecule has 3 aromatic heterocycles. The number of carbonyl (C=O) groups excluding carboxylic acids is 1. The van der Waals surface area contributed by atoms with E-state index in [0.717, 1.165) is 17.1 Å². The highest BCUT2D eigenvalue weighted by molar-refractivity contribution is 7.09. The summed E-state index contributed by atoms with van der Waals surface area (Å²) in [5, 5.41) is 13.2. The minimum atomic E-state index is -0.496. The van der Waals surface area contributed by atoms with Crippen molar-refractivity contribution in [2.24, 2.45) is 0 Å². The number of halogens is 1. The number of carbonyl (C=O) groups is 1. The monoisotopic (exact) mass is 382 g/mol. The molecular formula is C18H15FN6OS. The number of thiazole rings is 1. The number of aryl methyl sites for hydroxylation is 1. The van der Waals surface area contributed by atoms with Gasteiger partial charge in [0.25, 0.3) is 11.7 Å². The van der Waals surface area contributed by atoms with Crippen molar-refractivity contribution in [1.82, 2.24) is 29.9 Å². The Hall–Kier alpha value is -3.20. The first-order chi connectivity index (χ1) is 13.1. The molecule has 136 valence electrons. The maximum Gasteiger partial charge on any atom is 0.254 e. The Morgan fingerprint density at radius 2 is 2.19 bits per heavy atom. The van der Waals surface area contributed by atoms with E-state index in [1.165, 1.54) is 29.8 Å². The maximum absolute atomic E-state index is 14.1. The Morgan fingerprint density at radius 1 is 1.30 bits per heavy atom. The number of hydrogen-bond acceptors (Lipinski definition) is 6. The molecule has 0 aliphatic heterocycles. The lowest BCUT2D eigenvalue weighted by Crippen LogP contribution is -2.23. The second kappa shape index (κ2) is 7.20. The SMILES string of the molecule is CCc1csc(CNC(=O)c2cc(F)cc(-c3cnc4nncn4c3)c2)n1. The molecule has 3 heterocycles. The number of hydrogen-bond donors (Lipinski definition) is 1. The average Bonchev–Trinajstić information content (AvgIpc) is 3.33. The molecule has 0 bridgehead atoms. The molecule has 9 heteroatoms. The smallest absolute Gasteiger partial charge is 0.254 e. The Balaban J connectivity index is 1.56. The predicted molar refractivity (Wildman–Crippen MR) is 98.8 cm³/mol. The van der Waals surface area contributed by atoms with Crippen LogP contribution in [0.5, 0.6) is 0 Å². The molecule has 7 nitrogen and oxygen atoms in total. The van der Waals surface area contributed by atoms with Crippen molar-refractivity contribution in [3.8, 4) is 11.1 Å². The van der Waals surface area contributed by atoms with Gasteiger partial charge in [-0.05, 0) is 30.2 Å². The lowest BCUT2D eigenvalue weighted by Gasteiger charge is -2.07. The van der Waals surface area contributed by atoms with Crippen molar-refractivity contribution in [1.29, 1.82) is 0 Å². The summed E-state index contributed by atoms with van der Waals surface area (Å²) in [7, 11) is 0. The molecule has 0 saturated heterocycles. The number of rotatable bonds is 5. The van der Waals surface area contributed by atoms with Crippen LogP contribution in [0.15, 0.2) is 42.3 Å². The second-order valence-corrected chi connectivity index (χ2v) is 6.82. The third kappa shape index (κ3) is 3.68. The van der Waals surface area contributed by atoms with Crippen LogP contribution < -0.4 is 5.32 Å². The fourth-order valence-corrected chi connectivity index (χ4v) is 3.43. The Morgan fingerprint density at radius 3 is 3.00 bits per heavy atom. The van der Waals surface area contributed by atoms with E-state index in [-0.39, 0.29) is 11.5 Å². The van der Waals surface area contributed by atoms with Crippen LogP contribution in [0.1, 0.15) is 28.0 Å². The first-order valence-electron chi connectivity index (χ1n) is 8.30. The van der Waals surface area contributed by atoms with Crippen LogP contribution in [0, 0.1) is 5.82 Å². The van der Waals surface area contributed by atoms with E-state index in [1.54, 1.807) is 22.9 Å². The summed E-state index contributed by atoms with van der Waals surface area (Å²) < 4.78 is 15.7.